The second-order valence-electron chi connectivity index (χ2n) is 4.85. The Hall–Kier alpha value is -0.870. The van der Waals surface area contributed by atoms with Gasteiger partial charge in [-0.1, -0.05) is 29.8 Å². The number of nitrogens with zero attached hydrogens (tertiary/aromatic N) is 1. The highest BCUT2D eigenvalue weighted by Crippen LogP contribution is 2.36. The van der Waals surface area contributed by atoms with Crippen molar-refractivity contribution < 1.29 is 4.79 Å². The van der Waals surface area contributed by atoms with Crippen molar-refractivity contribution in [3.63, 3.8) is 0 Å². The van der Waals surface area contributed by atoms with Crippen molar-refractivity contribution in [1.29, 1.82) is 0 Å². The first-order chi connectivity index (χ1) is 8.00. The first-order valence-electron chi connectivity index (χ1n) is 5.87. The number of fused-ring (bicyclic) bond motifs is 1. The number of nitrogens with two attached hydrogens (primary N) is 1. The van der Waals surface area contributed by atoms with Crippen LogP contribution in [-0.4, -0.2) is 12.5 Å². The van der Waals surface area contributed by atoms with Gasteiger partial charge < -0.3 is 10.6 Å². The topological polar surface area (TPSA) is 46.3 Å². The fraction of sp³-hybridized carbons (Fsp3) is 0.462. The summed E-state index contributed by atoms with van der Waals surface area (Å²) in [5.74, 6) is 0.595. The number of anilines is 1. The molecule has 1 aromatic carbocycles. The lowest BCUT2D eigenvalue weighted by Crippen LogP contribution is -2.33. The molecule has 1 heterocycles. The quantitative estimate of drug-likeness (QED) is 0.932. The molecule has 1 aliphatic rings. The Morgan fingerprint density at radius 1 is 1.47 bits per heavy atom. The van der Waals surface area contributed by atoms with Crippen molar-refractivity contribution >= 4 is 27.5 Å². The second-order valence-corrected chi connectivity index (χ2v) is 5.77. The molecule has 0 aromatic heterocycles. The number of halogens is 1. The Morgan fingerprint density at radius 3 is 2.82 bits per heavy atom. The summed E-state index contributed by atoms with van der Waals surface area (Å²) in [4.78, 5) is 13.9. The van der Waals surface area contributed by atoms with Gasteiger partial charge in [0, 0.05) is 22.3 Å². The van der Waals surface area contributed by atoms with Gasteiger partial charge in [0.25, 0.3) is 0 Å². The van der Waals surface area contributed by atoms with Crippen LogP contribution in [0.25, 0.3) is 0 Å². The number of amides is 1. The molecular formula is C13H17BrN2O. The van der Waals surface area contributed by atoms with Crippen LogP contribution in [-0.2, 0) is 4.79 Å². The number of hydrogen-bond donors (Lipinski definition) is 1. The van der Waals surface area contributed by atoms with Crippen LogP contribution in [0.1, 0.15) is 31.9 Å². The third-order valence-corrected chi connectivity index (χ3v) is 3.57. The fourth-order valence-corrected chi connectivity index (χ4v) is 2.44. The average molecular weight is 297 g/mol. The molecule has 0 radical (unpaired) electrons. The van der Waals surface area contributed by atoms with Crippen molar-refractivity contribution in [3.05, 3.63) is 28.2 Å². The Balaban J connectivity index is 2.28. The van der Waals surface area contributed by atoms with Gasteiger partial charge in [0.15, 0.2) is 0 Å². The second kappa shape index (κ2) is 4.78. The van der Waals surface area contributed by atoms with Crippen molar-refractivity contribution in [1.82, 2.24) is 0 Å². The molecule has 0 spiro atoms. The van der Waals surface area contributed by atoms with E-state index in [4.69, 9.17) is 5.73 Å². The van der Waals surface area contributed by atoms with Crippen LogP contribution >= 0.6 is 15.9 Å². The molecule has 2 rings (SSSR count). The van der Waals surface area contributed by atoms with Gasteiger partial charge in [-0.3, -0.25) is 4.79 Å². The van der Waals surface area contributed by atoms with Crippen LogP contribution in [0.15, 0.2) is 22.7 Å². The molecule has 3 nitrogen and oxygen atoms in total. The minimum Gasteiger partial charge on any atom is -0.316 e. The largest absolute Gasteiger partial charge is 0.316 e. The van der Waals surface area contributed by atoms with Crippen LogP contribution in [0.5, 0.6) is 0 Å². The van der Waals surface area contributed by atoms with Gasteiger partial charge in [0.1, 0.15) is 6.04 Å². The maximum Gasteiger partial charge on any atom is 0.248 e. The molecule has 1 aromatic rings. The van der Waals surface area contributed by atoms with E-state index >= 15 is 0 Å². The van der Waals surface area contributed by atoms with Crippen LogP contribution in [0.3, 0.4) is 0 Å². The zero-order chi connectivity index (χ0) is 12.6. The lowest BCUT2D eigenvalue weighted by atomic mass is 10.1. The molecule has 0 fully saturated rings. The molecule has 1 unspecified atom stereocenters. The Labute approximate surface area is 110 Å². The molecule has 1 atom stereocenters. The summed E-state index contributed by atoms with van der Waals surface area (Å²) in [6.07, 6.45) is 0.994. The number of hydrogen-bond acceptors (Lipinski definition) is 2. The predicted molar refractivity (Wildman–Crippen MR) is 72.9 cm³/mol. The molecular weight excluding hydrogens is 280 g/mol. The van der Waals surface area contributed by atoms with E-state index in [9.17, 15) is 4.79 Å². The van der Waals surface area contributed by atoms with Gasteiger partial charge in [0.2, 0.25) is 5.91 Å². The lowest BCUT2D eigenvalue weighted by Gasteiger charge is -2.18. The van der Waals surface area contributed by atoms with Crippen LogP contribution < -0.4 is 10.6 Å². The highest BCUT2D eigenvalue weighted by molar-refractivity contribution is 9.10. The smallest absolute Gasteiger partial charge is 0.248 e. The van der Waals surface area contributed by atoms with E-state index in [-0.39, 0.29) is 5.91 Å². The first-order valence-corrected chi connectivity index (χ1v) is 6.66. The maximum absolute atomic E-state index is 12.1. The fourth-order valence-electron chi connectivity index (χ4n) is 2.06. The van der Waals surface area contributed by atoms with Gasteiger partial charge in [-0.25, -0.2) is 0 Å². The van der Waals surface area contributed by atoms with Gasteiger partial charge in [-0.05, 0) is 30.5 Å². The minimum absolute atomic E-state index is 0.0127. The lowest BCUT2D eigenvalue weighted by molar-refractivity contribution is -0.119. The Kier molecular flexibility index (Phi) is 3.54. The van der Waals surface area contributed by atoms with Crippen LogP contribution in [0.2, 0.25) is 0 Å². The standard InChI is InChI=1S/C13H17BrN2O/c1-8(2)5-6-16-11-4-3-9(14)7-10(11)12(15)13(16)17/h3-4,7-8,12H,5-6,15H2,1-2H3. The monoisotopic (exact) mass is 296 g/mol. The SMILES string of the molecule is CC(C)CCN1C(=O)C(N)c2cc(Br)ccc21. The summed E-state index contributed by atoms with van der Waals surface area (Å²) < 4.78 is 0.963. The van der Waals surface area contributed by atoms with E-state index in [1.165, 1.54) is 0 Å². The predicted octanol–water partition coefficient (Wildman–Crippen LogP) is 2.84. The van der Waals surface area contributed by atoms with E-state index in [1.54, 1.807) is 0 Å². The molecule has 92 valence electrons. The third kappa shape index (κ3) is 2.38. The van der Waals surface area contributed by atoms with E-state index in [2.05, 4.69) is 29.8 Å². The molecule has 0 bridgehead atoms. The molecule has 2 N–H and O–H groups in total. The van der Waals surface area contributed by atoms with Crippen molar-refractivity contribution in [2.45, 2.75) is 26.3 Å². The molecule has 17 heavy (non-hydrogen) atoms. The van der Waals surface area contributed by atoms with Gasteiger partial charge >= 0.3 is 0 Å². The summed E-state index contributed by atoms with van der Waals surface area (Å²) in [5.41, 5.74) is 7.83. The van der Waals surface area contributed by atoms with Crippen molar-refractivity contribution in [3.8, 4) is 0 Å². The number of benzene rings is 1. The molecule has 0 saturated heterocycles. The summed E-state index contributed by atoms with van der Waals surface area (Å²) >= 11 is 3.41. The van der Waals surface area contributed by atoms with Crippen molar-refractivity contribution in [2.75, 3.05) is 11.4 Å². The van der Waals surface area contributed by atoms with E-state index in [0.29, 0.717) is 5.92 Å². The first kappa shape index (κ1) is 12.6. The van der Waals surface area contributed by atoms with E-state index in [0.717, 1.165) is 28.7 Å². The van der Waals surface area contributed by atoms with Gasteiger partial charge in [-0.15, -0.1) is 0 Å². The summed E-state index contributed by atoms with van der Waals surface area (Å²) in [6.45, 7) is 5.06. The Bertz CT molecular complexity index is 445. The molecule has 0 saturated carbocycles. The average Bonchev–Trinajstić information content (AvgIpc) is 2.50. The molecule has 1 aliphatic heterocycles. The van der Waals surface area contributed by atoms with E-state index in [1.807, 2.05) is 23.1 Å². The summed E-state index contributed by atoms with van der Waals surface area (Å²) in [6, 6.07) is 5.35. The highest BCUT2D eigenvalue weighted by atomic mass is 79.9. The maximum atomic E-state index is 12.1. The van der Waals surface area contributed by atoms with Crippen LogP contribution in [0.4, 0.5) is 5.69 Å². The normalized spacial score (nSPS) is 19.0. The van der Waals surface area contributed by atoms with Crippen LogP contribution in [0, 0.1) is 5.92 Å². The van der Waals surface area contributed by atoms with Gasteiger partial charge in [-0.2, -0.15) is 0 Å². The van der Waals surface area contributed by atoms with E-state index < -0.39 is 6.04 Å². The zero-order valence-corrected chi connectivity index (χ0v) is 11.7. The zero-order valence-electron chi connectivity index (χ0n) is 10.1. The minimum atomic E-state index is -0.505. The number of carbonyl (C=O) groups excluding carboxylic acids is 1. The summed E-state index contributed by atoms with van der Waals surface area (Å²) in [7, 11) is 0. The highest BCUT2D eigenvalue weighted by Gasteiger charge is 2.34. The molecule has 4 heteroatoms. The van der Waals surface area contributed by atoms with Crippen molar-refractivity contribution in [2.24, 2.45) is 11.7 Å². The summed E-state index contributed by atoms with van der Waals surface area (Å²) in [5, 5.41) is 0. The molecule has 0 aliphatic carbocycles. The number of carbonyl (C=O) groups is 1. The number of rotatable bonds is 3. The third-order valence-electron chi connectivity index (χ3n) is 3.08. The van der Waals surface area contributed by atoms with Gasteiger partial charge in [0.05, 0.1) is 0 Å². The Morgan fingerprint density at radius 2 is 2.18 bits per heavy atom. The molecule has 1 amide bonds.